The molecule has 3 aromatic rings. The van der Waals surface area contributed by atoms with Crippen LogP contribution >= 0.6 is 11.8 Å². The molecule has 0 radical (unpaired) electrons. The molecule has 0 spiro atoms. The predicted molar refractivity (Wildman–Crippen MR) is 134 cm³/mol. The van der Waals surface area contributed by atoms with Gasteiger partial charge < -0.3 is 29.6 Å². The molecule has 0 saturated carbocycles. The zero-order valence-electron chi connectivity index (χ0n) is 19.9. The lowest BCUT2D eigenvalue weighted by atomic mass is 10.0. The number of hydrogen-bond acceptors (Lipinski definition) is 7. The number of rotatable bonds is 10. The van der Waals surface area contributed by atoms with Gasteiger partial charge in [-0.3, -0.25) is 9.59 Å². The van der Waals surface area contributed by atoms with Crippen LogP contribution < -0.4 is 5.32 Å². The summed E-state index contributed by atoms with van der Waals surface area (Å²) in [7, 11) is 1.95. The van der Waals surface area contributed by atoms with Crippen molar-refractivity contribution >= 4 is 29.3 Å². The molecular weight excluding hydrogens is 482 g/mol. The number of aryl methyl sites for hydroxylation is 1. The van der Waals surface area contributed by atoms with Crippen LogP contribution in [0.15, 0.2) is 66.1 Å². The van der Waals surface area contributed by atoms with E-state index >= 15 is 0 Å². The van der Waals surface area contributed by atoms with Crippen molar-refractivity contribution in [1.29, 1.82) is 0 Å². The Balaban J connectivity index is 1.47. The first-order chi connectivity index (χ1) is 17.4. The summed E-state index contributed by atoms with van der Waals surface area (Å²) in [5, 5.41) is 21.7. The third-order valence-electron chi connectivity index (χ3n) is 5.82. The predicted octanol–water partition coefficient (Wildman–Crippen LogP) is 4.05. The number of aliphatic carboxylic acids is 1. The fourth-order valence-electron chi connectivity index (χ4n) is 3.85. The first kappa shape index (κ1) is 25.9. The number of nitrogens with zero attached hydrogens (tertiary/aromatic N) is 2. The molecule has 1 fully saturated rings. The molecule has 1 aliphatic heterocycles. The topological polar surface area (TPSA) is 123 Å². The lowest BCUT2D eigenvalue weighted by Gasteiger charge is -2.36. The van der Waals surface area contributed by atoms with Crippen molar-refractivity contribution < 1.29 is 29.3 Å². The number of carboxylic acids is 1. The first-order valence-corrected chi connectivity index (χ1v) is 12.6. The molecule has 2 heterocycles. The highest BCUT2D eigenvalue weighted by atomic mass is 32.2. The van der Waals surface area contributed by atoms with E-state index in [-0.39, 0.29) is 37.6 Å². The Morgan fingerprint density at radius 3 is 2.44 bits per heavy atom. The number of anilines is 1. The maximum atomic E-state index is 11.9. The Kier molecular flexibility index (Phi) is 8.76. The number of aliphatic hydroxyl groups is 1. The van der Waals surface area contributed by atoms with E-state index in [1.165, 1.54) is 0 Å². The zero-order chi connectivity index (χ0) is 25.5. The van der Waals surface area contributed by atoms with Gasteiger partial charge in [-0.1, -0.05) is 48.2 Å². The van der Waals surface area contributed by atoms with Crippen molar-refractivity contribution in [3.05, 3.63) is 77.6 Å². The van der Waals surface area contributed by atoms with E-state index in [9.17, 15) is 14.7 Å². The highest BCUT2D eigenvalue weighted by Gasteiger charge is 2.32. The largest absolute Gasteiger partial charge is 0.481 e. The number of aromatic nitrogens is 2. The van der Waals surface area contributed by atoms with Gasteiger partial charge in [-0.05, 0) is 23.3 Å². The smallest absolute Gasteiger partial charge is 0.303 e. The fraction of sp³-hybridized carbons (Fsp3) is 0.346. The van der Waals surface area contributed by atoms with Gasteiger partial charge in [0, 0.05) is 49.3 Å². The minimum Gasteiger partial charge on any atom is -0.481 e. The SMILES string of the molecule is Cn1ccnc1SC[C@@H]1C[C@H](c2ccc(CO)cc2)O[C@H](c2ccc(NC(=O)CCC(=O)O)cc2)O1. The summed E-state index contributed by atoms with van der Waals surface area (Å²) in [6.45, 7) is -0.0142. The summed E-state index contributed by atoms with van der Waals surface area (Å²) in [4.78, 5) is 27.0. The molecular formula is C26H29N3O6S. The summed E-state index contributed by atoms with van der Waals surface area (Å²) in [5.41, 5.74) is 3.23. The van der Waals surface area contributed by atoms with Crippen molar-refractivity contribution in [2.45, 2.75) is 49.5 Å². The van der Waals surface area contributed by atoms with E-state index in [1.54, 1.807) is 30.1 Å². The van der Waals surface area contributed by atoms with Crippen molar-refractivity contribution in [1.82, 2.24) is 9.55 Å². The number of ether oxygens (including phenoxy) is 2. The van der Waals surface area contributed by atoms with Gasteiger partial charge in [-0.25, -0.2) is 4.98 Å². The van der Waals surface area contributed by atoms with Gasteiger partial charge in [-0.15, -0.1) is 0 Å². The van der Waals surface area contributed by atoms with E-state index in [4.69, 9.17) is 14.6 Å². The maximum absolute atomic E-state index is 11.9. The molecule has 1 aliphatic rings. The Hall–Kier alpha value is -3.18. The Morgan fingerprint density at radius 1 is 1.08 bits per heavy atom. The average molecular weight is 512 g/mol. The molecule has 190 valence electrons. The van der Waals surface area contributed by atoms with E-state index in [1.807, 2.05) is 54.2 Å². The zero-order valence-corrected chi connectivity index (χ0v) is 20.7. The maximum Gasteiger partial charge on any atom is 0.303 e. The third-order valence-corrected chi connectivity index (χ3v) is 7.01. The van der Waals surface area contributed by atoms with Crippen LogP contribution in [0.5, 0.6) is 0 Å². The van der Waals surface area contributed by atoms with Gasteiger partial charge in [-0.2, -0.15) is 0 Å². The number of carbonyl (C=O) groups is 2. The van der Waals surface area contributed by atoms with E-state index in [2.05, 4.69) is 10.3 Å². The number of nitrogens with one attached hydrogen (secondary N) is 1. The lowest BCUT2D eigenvalue weighted by molar-refractivity contribution is -0.245. The molecule has 0 unspecified atom stereocenters. The first-order valence-electron chi connectivity index (χ1n) is 11.6. The van der Waals surface area contributed by atoms with Gasteiger partial charge in [0.25, 0.3) is 0 Å². The standard InChI is InChI=1S/C26H29N3O6S/c1-29-13-12-27-26(29)36-16-21-14-22(18-4-2-17(15-30)3-5-18)35-25(34-21)19-6-8-20(9-7-19)28-23(31)10-11-24(32)33/h2-9,12-13,21-22,25,30H,10-11,14-16H2,1H3,(H,28,31)(H,32,33)/t21-,22+,25+/m0/s1. The minimum absolute atomic E-state index is 0.0142. The van der Waals surface area contributed by atoms with E-state index in [0.29, 0.717) is 17.9 Å². The summed E-state index contributed by atoms with van der Waals surface area (Å²) >= 11 is 1.63. The molecule has 3 atom stereocenters. The van der Waals surface area contributed by atoms with Gasteiger partial charge >= 0.3 is 5.97 Å². The van der Waals surface area contributed by atoms with Crippen molar-refractivity contribution in [3.63, 3.8) is 0 Å². The van der Waals surface area contributed by atoms with E-state index < -0.39 is 12.3 Å². The number of carbonyl (C=O) groups excluding carboxylic acids is 1. The summed E-state index contributed by atoms with van der Waals surface area (Å²) in [6.07, 6.45) is 3.15. The Labute approximate surface area is 213 Å². The molecule has 0 aliphatic carbocycles. The molecule has 2 aromatic carbocycles. The molecule has 4 rings (SSSR count). The molecule has 1 saturated heterocycles. The van der Waals surface area contributed by atoms with Gasteiger partial charge in [0.1, 0.15) is 0 Å². The lowest BCUT2D eigenvalue weighted by Crippen LogP contribution is -2.31. The van der Waals surface area contributed by atoms with Crippen LogP contribution in [0, 0.1) is 0 Å². The van der Waals surface area contributed by atoms with Crippen LogP contribution in [0.1, 0.15) is 48.3 Å². The average Bonchev–Trinajstić information content (AvgIpc) is 3.31. The summed E-state index contributed by atoms with van der Waals surface area (Å²) < 4.78 is 14.6. The monoisotopic (exact) mass is 511 g/mol. The number of hydrogen-bond donors (Lipinski definition) is 3. The van der Waals surface area contributed by atoms with Gasteiger partial charge in [0.05, 0.1) is 25.2 Å². The molecule has 0 bridgehead atoms. The van der Waals surface area contributed by atoms with Crippen LogP contribution in [0.25, 0.3) is 0 Å². The van der Waals surface area contributed by atoms with Crippen molar-refractivity contribution in [2.75, 3.05) is 11.1 Å². The molecule has 1 amide bonds. The van der Waals surface area contributed by atoms with Gasteiger partial charge in [0.15, 0.2) is 11.4 Å². The third kappa shape index (κ3) is 6.94. The summed E-state index contributed by atoms with van der Waals surface area (Å²) in [6, 6.07) is 14.9. The normalized spacial score (nSPS) is 19.7. The van der Waals surface area contributed by atoms with Crippen LogP contribution in [0.2, 0.25) is 0 Å². The number of aliphatic hydroxyl groups excluding tert-OH is 1. The number of thioether (sulfide) groups is 1. The molecule has 1 aromatic heterocycles. The van der Waals surface area contributed by atoms with E-state index in [0.717, 1.165) is 21.8 Å². The van der Waals surface area contributed by atoms with Crippen molar-refractivity contribution in [3.8, 4) is 0 Å². The van der Waals surface area contributed by atoms with Crippen LogP contribution in [-0.4, -0.2) is 43.5 Å². The van der Waals surface area contributed by atoms with Gasteiger partial charge in [0.2, 0.25) is 5.91 Å². The minimum atomic E-state index is -1.01. The van der Waals surface area contributed by atoms with Crippen LogP contribution in [-0.2, 0) is 32.7 Å². The highest BCUT2D eigenvalue weighted by Crippen LogP contribution is 2.39. The number of amides is 1. The van der Waals surface area contributed by atoms with Crippen molar-refractivity contribution in [2.24, 2.45) is 7.05 Å². The molecule has 36 heavy (non-hydrogen) atoms. The van der Waals surface area contributed by atoms with Crippen LogP contribution in [0.4, 0.5) is 5.69 Å². The number of benzene rings is 2. The fourth-order valence-corrected chi connectivity index (χ4v) is 4.80. The number of imidazole rings is 1. The van der Waals surface area contributed by atoms with Crippen LogP contribution in [0.3, 0.4) is 0 Å². The quantitative estimate of drug-likeness (QED) is 0.349. The second-order valence-electron chi connectivity index (χ2n) is 8.55. The molecule has 3 N–H and O–H groups in total. The number of carboxylic acid groups (broad SMARTS) is 1. The molecule has 9 nitrogen and oxygen atoms in total. The molecule has 10 heteroatoms. The second kappa shape index (κ2) is 12.2. The second-order valence-corrected chi connectivity index (χ2v) is 9.53. The Bertz CT molecular complexity index is 1170. The Morgan fingerprint density at radius 2 is 1.81 bits per heavy atom. The summed E-state index contributed by atoms with van der Waals surface area (Å²) in [5.74, 6) is -0.662. The highest BCUT2D eigenvalue weighted by molar-refractivity contribution is 7.99.